The first kappa shape index (κ1) is 21.0. The fourth-order valence-corrected chi connectivity index (χ4v) is 5.50. The zero-order chi connectivity index (χ0) is 22.1. The minimum Gasteiger partial charge on any atom is -0.477 e. The van der Waals surface area contributed by atoms with Crippen molar-refractivity contribution >= 4 is 52.2 Å². The molecule has 1 saturated heterocycles. The van der Waals surface area contributed by atoms with Crippen LogP contribution in [0.15, 0.2) is 41.2 Å². The van der Waals surface area contributed by atoms with Crippen LogP contribution in [-0.2, 0) is 19.2 Å². The highest BCUT2D eigenvalue weighted by molar-refractivity contribution is 8.00. The molecule has 12 heteroatoms. The molecular formula is C19H17N5O5S2. The Kier molecular flexibility index (Phi) is 5.74. The van der Waals surface area contributed by atoms with Crippen molar-refractivity contribution in [1.82, 2.24) is 20.4 Å². The number of carboxylic acid groups (broad SMARTS) is 1. The molecule has 160 valence electrons. The molecule has 2 atom stereocenters. The van der Waals surface area contributed by atoms with Gasteiger partial charge in [0.2, 0.25) is 0 Å². The number of β-lactam (4-membered cyclic amide) rings is 1. The molecule has 2 N–H and O–H groups in total. The lowest BCUT2D eigenvalue weighted by atomic mass is 10.0. The van der Waals surface area contributed by atoms with Gasteiger partial charge in [0.25, 0.3) is 11.8 Å². The van der Waals surface area contributed by atoms with E-state index >= 15 is 0 Å². The summed E-state index contributed by atoms with van der Waals surface area (Å²) in [5.41, 5.74) is 0.878. The summed E-state index contributed by atoms with van der Waals surface area (Å²) in [6.45, 7) is 1.77. The van der Waals surface area contributed by atoms with Crippen LogP contribution in [0.4, 0.5) is 0 Å². The summed E-state index contributed by atoms with van der Waals surface area (Å²) in [7, 11) is 1.32. The fraction of sp³-hybridized carbons (Fsp3) is 0.263. The van der Waals surface area contributed by atoms with Crippen molar-refractivity contribution in [2.45, 2.75) is 18.3 Å². The molecule has 1 unspecified atom stereocenters. The van der Waals surface area contributed by atoms with E-state index in [1.165, 1.54) is 35.1 Å². The van der Waals surface area contributed by atoms with Crippen LogP contribution >= 0.6 is 23.1 Å². The van der Waals surface area contributed by atoms with Crippen molar-refractivity contribution in [3.8, 4) is 0 Å². The van der Waals surface area contributed by atoms with Crippen molar-refractivity contribution in [3.63, 3.8) is 0 Å². The second kappa shape index (κ2) is 8.47. The Morgan fingerprint density at radius 1 is 1.29 bits per heavy atom. The van der Waals surface area contributed by atoms with Crippen molar-refractivity contribution in [3.05, 3.63) is 51.6 Å². The number of rotatable bonds is 6. The van der Waals surface area contributed by atoms with Gasteiger partial charge in [-0.1, -0.05) is 46.8 Å². The van der Waals surface area contributed by atoms with E-state index in [2.05, 4.69) is 20.7 Å². The van der Waals surface area contributed by atoms with E-state index in [-0.39, 0.29) is 11.4 Å². The normalized spacial score (nSPS) is 20.8. The highest BCUT2D eigenvalue weighted by Gasteiger charge is 2.54. The molecule has 2 amide bonds. The van der Waals surface area contributed by atoms with Crippen LogP contribution in [0.5, 0.6) is 0 Å². The van der Waals surface area contributed by atoms with Gasteiger partial charge in [0.05, 0.1) is 0 Å². The Morgan fingerprint density at radius 2 is 2.03 bits per heavy atom. The minimum atomic E-state index is -1.22. The summed E-state index contributed by atoms with van der Waals surface area (Å²) in [6, 6.07) is 7.82. The van der Waals surface area contributed by atoms with Gasteiger partial charge in [-0.25, -0.2) is 4.79 Å². The predicted molar refractivity (Wildman–Crippen MR) is 114 cm³/mol. The largest absolute Gasteiger partial charge is 0.477 e. The number of nitrogens with zero attached hydrogens (tertiary/aromatic N) is 4. The monoisotopic (exact) mass is 459 g/mol. The van der Waals surface area contributed by atoms with Gasteiger partial charge in [-0.3, -0.25) is 14.5 Å². The molecule has 1 aromatic heterocycles. The number of aromatic nitrogens is 2. The van der Waals surface area contributed by atoms with E-state index in [0.717, 1.165) is 0 Å². The summed E-state index contributed by atoms with van der Waals surface area (Å²) in [6.07, 6.45) is 0. The number of amides is 2. The number of nitrogens with one attached hydrogen (secondary N) is 1. The number of thioether (sulfide) groups is 1. The Bertz CT molecular complexity index is 1110. The number of fused-ring (bicyclic) bond motifs is 1. The number of hydrogen-bond donors (Lipinski definition) is 2. The number of carbonyl (C=O) groups is 3. The standard InChI is InChI=1S/C19H17N5O5S2/c1-9-21-22-16(31-9)11-8-30-18-13(17(26)24(18)14(11)19(27)28)20-15(25)12(23-29-2)10-6-4-3-5-7-10/h3-7,13,18H,8H2,1-2H3,(H,20,25)(H,27,28)/b23-12+/t13?,18-/m1/s1. The van der Waals surface area contributed by atoms with Crippen LogP contribution in [0, 0.1) is 6.92 Å². The quantitative estimate of drug-likeness (QED) is 0.373. The maximum Gasteiger partial charge on any atom is 0.353 e. The molecule has 31 heavy (non-hydrogen) atoms. The number of carboxylic acids is 1. The maximum atomic E-state index is 12.8. The number of carbonyl (C=O) groups excluding carboxylic acids is 2. The maximum absolute atomic E-state index is 12.8. The number of aryl methyl sites for hydroxylation is 1. The number of benzene rings is 1. The van der Waals surface area contributed by atoms with Crippen molar-refractivity contribution < 1.29 is 24.3 Å². The second-order valence-electron chi connectivity index (χ2n) is 6.61. The van der Waals surface area contributed by atoms with E-state index < -0.39 is 29.2 Å². The van der Waals surface area contributed by atoms with Gasteiger partial charge in [0, 0.05) is 16.9 Å². The van der Waals surface area contributed by atoms with E-state index in [4.69, 9.17) is 4.84 Å². The van der Waals surface area contributed by atoms with Crippen molar-refractivity contribution in [1.29, 1.82) is 0 Å². The third kappa shape index (κ3) is 3.79. The average Bonchev–Trinajstić information content (AvgIpc) is 3.21. The highest BCUT2D eigenvalue weighted by atomic mass is 32.2. The summed E-state index contributed by atoms with van der Waals surface area (Å²) >= 11 is 2.63. The van der Waals surface area contributed by atoms with Crippen molar-refractivity contribution in [2.75, 3.05) is 12.9 Å². The molecule has 0 spiro atoms. The van der Waals surface area contributed by atoms with Crippen LogP contribution in [0.1, 0.15) is 15.6 Å². The first-order chi connectivity index (χ1) is 14.9. The highest BCUT2D eigenvalue weighted by Crippen LogP contribution is 2.43. The van der Waals surface area contributed by atoms with Crippen LogP contribution in [-0.4, -0.2) is 68.0 Å². The van der Waals surface area contributed by atoms with Crippen molar-refractivity contribution in [2.24, 2.45) is 5.16 Å². The molecule has 1 fully saturated rings. The van der Waals surface area contributed by atoms with Crippen LogP contribution in [0.3, 0.4) is 0 Å². The Balaban J connectivity index is 1.57. The van der Waals surface area contributed by atoms with Crippen LogP contribution < -0.4 is 5.32 Å². The molecule has 2 aromatic rings. The topological polar surface area (TPSA) is 134 Å². The molecule has 3 heterocycles. The lowest BCUT2D eigenvalue weighted by molar-refractivity contribution is -0.149. The third-order valence-electron chi connectivity index (χ3n) is 4.69. The zero-order valence-corrected chi connectivity index (χ0v) is 18.1. The molecule has 0 radical (unpaired) electrons. The number of hydrogen-bond acceptors (Lipinski definition) is 9. The van der Waals surface area contributed by atoms with E-state index in [1.54, 1.807) is 37.3 Å². The second-order valence-corrected chi connectivity index (χ2v) is 8.89. The summed E-state index contributed by atoms with van der Waals surface area (Å²) in [5, 5.41) is 24.8. The van der Waals surface area contributed by atoms with Crippen LogP contribution in [0.25, 0.3) is 5.57 Å². The molecule has 10 nitrogen and oxygen atoms in total. The van der Waals surface area contributed by atoms with Gasteiger partial charge >= 0.3 is 5.97 Å². The Hall–Kier alpha value is -3.25. The molecule has 0 aliphatic carbocycles. The summed E-state index contributed by atoms with van der Waals surface area (Å²) in [5.74, 6) is -1.99. The van der Waals surface area contributed by atoms with Gasteiger partial charge in [-0.2, -0.15) is 0 Å². The van der Waals surface area contributed by atoms with Gasteiger partial charge in [-0.05, 0) is 6.92 Å². The van der Waals surface area contributed by atoms with Gasteiger partial charge in [0.15, 0.2) is 5.71 Å². The number of aliphatic carboxylic acids is 1. The lowest BCUT2D eigenvalue weighted by Gasteiger charge is -2.49. The van der Waals surface area contributed by atoms with Gasteiger partial charge in [0.1, 0.15) is 34.2 Å². The predicted octanol–water partition coefficient (Wildman–Crippen LogP) is 1.09. The smallest absolute Gasteiger partial charge is 0.353 e. The van der Waals surface area contributed by atoms with Crippen LogP contribution in [0.2, 0.25) is 0 Å². The Labute approximate surface area is 185 Å². The van der Waals surface area contributed by atoms with Gasteiger partial charge < -0.3 is 15.3 Å². The third-order valence-corrected chi connectivity index (χ3v) is 6.86. The van der Waals surface area contributed by atoms with Gasteiger partial charge in [-0.15, -0.1) is 22.0 Å². The lowest BCUT2D eigenvalue weighted by Crippen LogP contribution is -2.71. The first-order valence-electron chi connectivity index (χ1n) is 9.11. The molecule has 4 rings (SSSR count). The number of oxime groups is 1. The van der Waals surface area contributed by atoms with E-state index in [9.17, 15) is 19.5 Å². The van der Waals surface area contributed by atoms with E-state index in [1.807, 2.05) is 0 Å². The molecule has 2 aliphatic heterocycles. The SMILES string of the molecule is CO/N=C(/C(=O)NC1C(=O)N2C(C(=O)O)=C(c3nnc(C)s3)CS[C@H]12)c1ccccc1. The molecular weight excluding hydrogens is 442 g/mol. The zero-order valence-electron chi connectivity index (χ0n) is 16.4. The Morgan fingerprint density at radius 3 is 2.65 bits per heavy atom. The fourth-order valence-electron chi connectivity index (χ4n) is 3.32. The molecule has 0 saturated carbocycles. The average molecular weight is 460 g/mol. The summed E-state index contributed by atoms with van der Waals surface area (Å²) < 4.78 is 0. The molecule has 0 bridgehead atoms. The molecule has 2 aliphatic rings. The first-order valence-corrected chi connectivity index (χ1v) is 11.0. The molecule has 1 aromatic carbocycles. The van der Waals surface area contributed by atoms with E-state index in [0.29, 0.717) is 26.9 Å². The minimum absolute atomic E-state index is 0.0224. The summed E-state index contributed by atoms with van der Waals surface area (Å²) in [4.78, 5) is 43.6.